The fourth-order valence-electron chi connectivity index (χ4n) is 2.04. The minimum atomic E-state index is 0.183. The van der Waals surface area contributed by atoms with E-state index in [1.165, 1.54) is 0 Å². The third-order valence-electron chi connectivity index (χ3n) is 2.92. The molecule has 2 aromatic carbocycles. The van der Waals surface area contributed by atoms with Gasteiger partial charge in [-0.1, -0.05) is 12.1 Å². The summed E-state index contributed by atoms with van der Waals surface area (Å²) in [5.74, 6) is 1.54. The Labute approximate surface area is 110 Å². The zero-order chi connectivity index (χ0) is 13.2. The molecule has 0 spiro atoms. The Morgan fingerprint density at radius 1 is 1.21 bits per heavy atom. The van der Waals surface area contributed by atoms with E-state index in [1.54, 1.807) is 18.2 Å². The van der Waals surface area contributed by atoms with E-state index in [0.717, 1.165) is 16.8 Å². The van der Waals surface area contributed by atoms with Gasteiger partial charge in [0.15, 0.2) is 0 Å². The van der Waals surface area contributed by atoms with Crippen LogP contribution in [0.25, 0.3) is 22.4 Å². The van der Waals surface area contributed by atoms with Crippen LogP contribution in [0, 0.1) is 0 Å². The van der Waals surface area contributed by atoms with Crippen LogP contribution in [0.1, 0.15) is 6.92 Å². The van der Waals surface area contributed by atoms with Crippen LogP contribution < -0.4 is 4.74 Å². The SMILES string of the molecule is CCOc1ccc(O)c(-c2nc3ccccc3[nH]2)c1. The molecule has 2 N–H and O–H groups in total. The lowest BCUT2D eigenvalue weighted by Gasteiger charge is -2.06. The van der Waals surface area contributed by atoms with Crippen LogP contribution in [-0.2, 0) is 0 Å². The van der Waals surface area contributed by atoms with E-state index in [9.17, 15) is 5.11 Å². The molecule has 0 unspecified atom stereocenters. The lowest BCUT2D eigenvalue weighted by molar-refractivity contribution is 0.339. The van der Waals surface area contributed by atoms with Crippen LogP contribution in [0.4, 0.5) is 0 Å². The molecule has 0 radical (unpaired) electrons. The summed E-state index contributed by atoms with van der Waals surface area (Å²) in [6.45, 7) is 2.51. The molecule has 0 atom stereocenters. The van der Waals surface area contributed by atoms with Crippen molar-refractivity contribution in [3.8, 4) is 22.9 Å². The van der Waals surface area contributed by atoms with Crippen molar-refractivity contribution in [2.75, 3.05) is 6.61 Å². The van der Waals surface area contributed by atoms with Crippen LogP contribution in [-0.4, -0.2) is 21.7 Å². The van der Waals surface area contributed by atoms with Crippen molar-refractivity contribution in [3.63, 3.8) is 0 Å². The number of nitrogens with zero attached hydrogens (tertiary/aromatic N) is 1. The average Bonchev–Trinajstić information content (AvgIpc) is 2.85. The molecule has 0 aliphatic rings. The molecule has 3 rings (SSSR count). The molecule has 0 saturated carbocycles. The summed E-state index contributed by atoms with van der Waals surface area (Å²) >= 11 is 0. The lowest BCUT2D eigenvalue weighted by atomic mass is 10.2. The minimum Gasteiger partial charge on any atom is -0.507 e. The highest BCUT2D eigenvalue weighted by Crippen LogP contribution is 2.31. The zero-order valence-corrected chi connectivity index (χ0v) is 10.6. The summed E-state index contributed by atoms with van der Waals surface area (Å²) in [7, 11) is 0. The van der Waals surface area contributed by atoms with Crippen molar-refractivity contribution in [1.29, 1.82) is 0 Å². The summed E-state index contributed by atoms with van der Waals surface area (Å²) in [5, 5.41) is 9.97. The quantitative estimate of drug-likeness (QED) is 0.753. The second-order valence-corrected chi connectivity index (χ2v) is 4.21. The summed E-state index contributed by atoms with van der Waals surface area (Å²) in [5.41, 5.74) is 2.46. The molecule has 0 amide bonds. The summed E-state index contributed by atoms with van der Waals surface area (Å²) in [6, 6.07) is 12.9. The largest absolute Gasteiger partial charge is 0.507 e. The third-order valence-corrected chi connectivity index (χ3v) is 2.92. The van der Waals surface area contributed by atoms with E-state index < -0.39 is 0 Å². The van der Waals surface area contributed by atoms with Gasteiger partial charge in [-0.05, 0) is 37.3 Å². The van der Waals surface area contributed by atoms with Gasteiger partial charge in [-0.3, -0.25) is 0 Å². The molecule has 3 aromatic rings. The molecule has 0 fully saturated rings. The number of phenols is 1. The number of H-pyrrole nitrogens is 1. The molecule has 19 heavy (non-hydrogen) atoms. The van der Waals surface area contributed by atoms with Crippen LogP contribution in [0.5, 0.6) is 11.5 Å². The lowest BCUT2D eigenvalue weighted by Crippen LogP contribution is -1.92. The number of aromatic amines is 1. The van der Waals surface area contributed by atoms with Gasteiger partial charge in [-0.25, -0.2) is 4.98 Å². The first-order chi connectivity index (χ1) is 9.28. The number of benzene rings is 2. The van der Waals surface area contributed by atoms with E-state index in [1.807, 2.05) is 31.2 Å². The van der Waals surface area contributed by atoms with Gasteiger partial charge in [0.05, 0.1) is 23.2 Å². The highest BCUT2D eigenvalue weighted by Gasteiger charge is 2.10. The number of fused-ring (bicyclic) bond motifs is 1. The first-order valence-corrected chi connectivity index (χ1v) is 6.19. The van der Waals surface area contributed by atoms with E-state index in [2.05, 4.69) is 9.97 Å². The fourth-order valence-corrected chi connectivity index (χ4v) is 2.04. The van der Waals surface area contributed by atoms with E-state index in [0.29, 0.717) is 18.0 Å². The van der Waals surface area contributed by atoms with Gasteiger partial charge in [0.1, 0.15) is 17.3 Å². The van der Waals surface area contributed by atoms with Crippen molar-refractivity contribution in [1.82, 2.24) is 9.97 Å². The normalized spacial score (nSPS) is 10.8. The maximum absolute atomic E-state index is 9.97. The Bertz CT molecular complexity index is 686. The Balaban J connectivity index is 2.11. The third kappa shape index (κ3) is 2.12. The Morgan fingerprint density at radius 2 is 2.05 bits per heavy atom. The molecule has 96 valence electrons. The molecule has 1 heterocycles. The van der Waals surface area contributed by atoms with Gasteiger partial charge in [0, 0.05) is 0 Å². The summed E-state index contributed by atoms with van der Waals surface area (Å²) in [4.78, 5) is 7.67. The first-order valence-electron chi connectivity index (χ1n) is 6.19. The number of aromatic nitrogens is 2. The monoisotopic (exact) mass is 254 g/mol. The van der Waals surface area contributed by atoms with Gasteiger partial charge < -0.3 is 14.8 Å². The van der Waals surface area contributed by atoms with Gasteiger partial charge in [0.2, 0.25) is 0 Å². The van der Waals surface area contributed by atoms with Crippen molar-refractivity contribution < 1.29 is 9.84 Å². The number of phenolic OH excluding ortho intramolecular Hbond substituents is 1. The van der Waals surface area contributed by atoms with Gasteiger partial charge in [0.25, 0.3) is 0 Å². The predicted molar refractivity (Wildman–Crippen MR) is 74.4 cm³/mol. The molecular formula is C15H14N2O2. The Hall–Kier alpha value is -2.49. The second kappa shape index (κ2) is 4.65. The molecule has 0 bridgehead atoms. The molecule has 1 aromatic heterocycles. The molecule has 0 aliphatic carbocycles. The molecule has 4 nitrogen and oxygen atoms in total. The van der Waals surface area contributed by atoms with Crippen LogP contribution in [0.3, 0.4) is 0 Å². The van der Waals surface area contributed by atoms with Crippen molar-refractivity contribution in [2.45, 2.75) is 6.92 Å². The van der Waals surface area contributed by atoms with E-state index in [-0.39, 0.29) is 5.75 Å². The van der Waals surface area contributed by atoms with Gasteiger partial charge in [-0.2, -0.15) is 0 Å². The number of aromatic hydroxyl groups is 1. The average molecular weight is 254 g/mol. The summed E-state index contributed by atoms with van der Waals surface area (Å²) in [6.07, 6.45) is 0. The minimum absolute atomic E-state index is 0.183. The Morgan fingerprint density at radius 3 is 2.84 bits per heavy atom. The molecule has 0 aliphatic heterocycles. The van der Waals surface area contributed by atoms with Crippen molar-refractivity contribution in [2.24, 2.45) is 0 Å². The predicted octanol–water partition coefficient (Wildman–Crippen LogP) is 3.33. The fraction of sp³-hybridized carbons (Fsp3) is 0.133. The number of para-hydroxylation sites is 2. The van der Waals surface area contributed by atoms with E-state index >= 15 is 0 Å². The van der Waals surface area contributed by atoms with E-state index in [4.69, 9.17) is 4.74 Å². The van der Waals surface area contributed by atoms with Crippen LogP contribution in [0.2, 0.25) is 0 Å². The number of hydrogen-bond donors (Lipinski definition) is 2. The number of nitrogens with one attached hydrogen (secondary N) is 1. The van der Waals surface area contributed by atoms with Crippen LogP contribution >= 0.6 is 0 Å². The maximum atomic E-state index is 9.97. The molecule has 4 heteroatoms. The second-order valence-electron chi connectivity index (χ2n) is 4.21. The zero-order valence-electron chi connectivity index (χ0n) is 10.6. The van der Waals surface area contributed by atoms with Crippen molar-refractivity contribution in [3.05, 3.63) is 42.5 Å². The van der Waals surface area contributed by atoms with Gasteiger partial charge in [-0.15, -0.1) is 0 Å². The van der Waals surface area contributed by atoms with Gasteiger partial charge >= 0.3 is 0 Å². The summed E-state index contributed by atoms with van der Waals surface area (Å²) < 4.78 is 5.44. The highest BCUT2D eigenvalue weighted by molar-refractivity contribution is 5.80. The number of rotatable bonds is 3. The topological polar surface area (TPSA) is 58.1 Å². The number of hydrogen-bond acceptors (Lipinski definition) is 3. The van der Waals surface area contributed by atoms with Crippen molar-refractivity contribution >= 4 is 11.0 Å². The highest BCUT2D eigenvalue weighted by atomic mass is 16.5. The smallest absolute Gasteiger partial charge is 0.142 e. The standard InChI is InChI=1S/C15H14N2O2/c1-2-19-10-7-8-14(18)11(9-10)15-16-12-5-3-4-6-13(12)17-15/h3-9,18H,2H2,1H3,(H,16,17). The Kier molecular flexibility index (Phi) is 2.83. The first kappa shape index (κ1) is 11.6. The number of imidazole rings is 1. The van der Waals surface area contributed by atoms with Crippen LogP contribution in [0.15, 0.2) is 42.5 Å². The number of ether oxygens (including phenoxy) is 1. The maximum Gasteiger partial charge on any atom is 0.142 e. The molecule has 0 saturated heterocycles. The molecular weight excluding hydrogens is 240 g/mol.